The van der Waals surface area contributed by atoms with E-state index in [1.807, 2.05) is 0 Å². The highest BCUT2D eigenvalue weighted by atomic mass is 19.2. The van der Waals surface area contributed by atoms with E-state index in [1.165, 1.54) is 24.3 Å². The number of ether oxygens (including phenoxy) is 1. The maximum absolute atomic E-state index is 13.5. The third-order valence-electron chi connectivity index (χ3n) is 3.91. The van der Waals surface area contributed by atoms with Gasteiger partial charge in [0, 0.05) is 38.9 Å². The van der Waals surface area contributed by atoms with Crippen molar-refractivity contribution in [1.82, 2.24) is 9.88 Å². The average molecular weight is 377 g/mol. The lowest BCUT2D eigenvalue weighted by atomic mass is 10.1. The molecule has 1 amide bonds. The third kappa shape index (κ3) is 5.47. The number of pyridine rings is 1. The van der Waals surface area contributed by atoms with Crippen LogP contribution in [0.25, 0.3) is 0 Å². The monoisotopic (exact) mass is 377 g/mol. The van der Waals surface area contributed by atoms with E-state index >= 15 is 0 Å². The van der Waals surface area contributed by atoms with Gasteiger partial charge in [-0.2, -0.15) is 0 Å². The topological polar surface area (TPSA) is 62.7 Å². The van der Waals surface area contributed by atoms with Crippen LogP contribution in [0.1, 0.15) is 22.3 Å². The van der Waals surface area contributed by atoms with Gasteiger partial charge in [0.05, 0.1) is 13.5 Å². The second-order valence-corrected chi connectivity index (χ2v) is 6.10. The number of nitrogens with zero attached hydrogens (tertiary/aromatic N) is 3. The molecule has 0 unspecified atom stereocenters. The smallest absolute Gasteiger partial charge is 0.307 e. The van der Waals surface area contributed by atoms with Crippen molar-refractivity contribution in [2.24, 2.45) is 0 Å². The standard InChI is InChI=1S/C19H21F2N3O3/c1-23(2)17-11-14(6-8-22-17)19(26)24(9-7-18(25)27-3)12-13-4-5-15(20)16(21)10-13/h4-6,8,10-11H,7,9,12H2,1-3H3. The summed E-state index contributed by atoms with van der Waals surface area (Å²) in [6, 6.07) is 6.62. The summed E-state index contributed by atoms with van der Waals surface area (Å²) in [6.45, 7) is 0.0940. The summed E-state index contributed by atoms with van der Waals surface area (Å²) >= 11 is 0. The second-order valence-electron chi connectivity index (χ2n) is 6.10. The van der Waals surface area contributed by atoms with Gasteiger partial charge in [0.15, 0.2) is 11.6 Å². The fraction of sp³-hybridized carbons (Fsp3) is 0.316. The van der Waals surface area contributed by atoms with Crippen LogP contribution >= 0.6 is 0 Å². The van der Waals surface area contributed by atoms with Gasteiger partial charge in [0.25, 0.3) is 5.91 Å². The molecule has 2 rings (SSSR count). The summed E-state index contributed by atoms with van der Waals surface area (Å²) in [5.74, 6) is -2.18. The van der Waals surface area contributed by atoms with Crippen LogP contribution in [-0.2, 0) is 16.1 Å². The van der Waals surface area contributed by atoms with Gasteiger partial charge in [-0.1, -0.05) is 6.07 Å². The SMILES string of the molecule is COC(=O)CCN(Cc1ccc(F)c(F)c1)C(=O)c1ccnc(N(C)C)c1. The Morgan fingerprint density at radius 3 is 2.48 bits per heavy atom. The molecule has 0 saturated carbocycles. The van der Waals surface area contributed by atoms with Crippen molar-refractivity contribution >= 4 is 17.7 Å². The molecule has 0 aliphatic heterocycles. The lowest BCUT2D eigenvalue weighted by Gasteiger charge is -2.23. The predicted molar refractivity (Wildman–Crippen MR) is 96.3 cm³/mol. The second kappa shape index (κ2) is 9.07. The summed E-state index contributed by atoms with van der Waals surface area (Å²) in [5.41, 5.74) is 0.787. The Balaban J connectivity index is 2.27. The molecule has 0 radical (unpaired) electrons. The highest BCUT2D eigenvalue weighted by Gasteiger charge is 2.19. The van der Waals surface area contributed by atoms with Gasteiger partial charge in [-0.25, -0.2) is 13.8 Å². The molecule has 2 aromatic rings. The number of methoxy groups -OCH3 is 1. The van der Waals surface area contributed by atoms with Gasteiger partial charge in [-0.15, -0.1) is 0 Å². The van der Waals surface area contributed by atoms with Crippen molar-refractivity contribution in [3.05, 3.63) is 59.3 Å². The van der Waals surface area contributed by atoms with Gasteiger partial charge >= 0.3 is 5.97 Å². The summed E-state index contributed by atoms with van der Waals surface area (Å²) in [6.07, 6.45) is 1.50. The quantitative estimate of drug-likeness (QED) is 0.694. The van der Waals surface area contributed by atoms with Crippen molar-refractivity contribution in [2.45, 2.75) is 13.0 Å². The number of hydrogen-bond donors (Lipinski definition) is 0. The van der Waals surface area contributed by atoms with Gasteiger partial charge in [0.1, 0.15) is 5.82 Å². The number of carbonyl (C=O) groups is 2. The highest BCUT2D eigenvalue weighted by molar-refractivity contribution is 5.95. The van der Waals surface area contributed by atoms with E-state index < -0.39 is 17.6 Å². The first-order valence-electron chi connectivity index (χ1n) is 8.25. The Kier molecular flexibility index (Phi) is 6.81. The number of carbonyl (C=O) groups excluding carboxylic acids is 2. The first-order chi connectivity index (χ1) is 12.8. The van der Waals surface area contributed by atoms with Gasteiger partial charge < -0.3 is 14.5 Å². The molecule has 1 aromatic carbocycles. The van der Waals surface area contributed by atoms with Crippen LogP contribution in [0, 0.1) is 11.6 Å². The molecular weight excluding hydrogens is 356 g/mol. The van der Waals surface area contributed by atoms with Gasteiger partial charge in [0.2, 0.25) is 0 Å². The number of anilines is 1. The molecule has 0 spiro atoms. The molecule has 27 heavy (non-hydrogen) atoms. The van der Waals surface area contributed by atoms with Crippen molar-refractivity contribution < 1.29 is 23.1 Å². The fourth-order valence-electron chi connectivity index (χ4n) is 2.42. The van der Waals surface area contributed by atoms with E-state index in [0.29, 0.717) is 16.9 Å². The van der Waals surface area contributed by atoms with Crippen LogP contribution in [0.3, 0.4) is 0 Å². The highest BCUT2D eigenvalue weighted by Crippen LogP contribution is 2.16. The van der Waals surface area contributed by atoms with E-state index in [4.69, 9.17) is 0 Å². The van der Waals surface area contributed by atoms with E-state index in [2.05, 4.69) is 9.72 Å². The molecule has 1 heterocycles. The average Bonchev–Trinajstić information content (AvgIpc) is 2.67. The molecule has 0 atom stereocenters. The molecule has 0 aliphatic carbocycles. The Morgan fingerprint density at radius 2 is 1.85 bits per heavy atom. The van der Waals surface area contributed by atoms with Crippen molar-refractivity contribution in [3.63, 3.8) is 0 Å². The number of esters is 1. The van der Waals surface area contributed by atoms with E-state index in [1.54, 1.807) is 31.1 Å². The van der Waals surface area contributed by atoms with Crippen molar-refractivity contribution in [1.29, 1.82) is 0 Å². The molecule has 6 nitrogen and oxygen atoms in total. The number of halogens is 2. The number of aromatic nitrogens is 1. The van der Waals surface area contributed by atoms with Crippen LogP contribution in [0.15, 0.2) is 36.5 Å². The first-order valence-corrected chi connectivity index (χ1v) is 8.25. The maximum Gasteiger partial charge on any atom is 0.307 e. The Morgan fingerprint density at radius 1 is 1.11 bits per heavy atom. The van der Waals surface area contributed by atoms with Crippen LogP contribution in [-0.4, -0.2) is 49.5 Å². The lowest BCUT2D eigenvalue weighted by Crippen LogP contribution is -2.33. The molecule has 0 bridgehead atoms. The summed E-state index contributed by atoms with van der Waals surface area (Å²) in [7, 11) is 4.86. The minimum Gasteiger partial charge on any atom is -0.469 e. The molecule has 8 heteroatoms. The van der Waals surface area contributed by atoms with E-state index in [-0.39, 0.29) is 25.4 Å². The van der Waals surface area contributed by atoms with Crippen LogP contribution in [0.5, 0.6) is 0 Å². The zero-order valence-electron chi connectivity index (χ0n) is 15.4. The van der Waals surface area contributed by atoms with Crippen molar-refractivity contribution in [3.8, 4) is 0 Å². The number of benzene rings is 1. The zero-order chi connectivity index (χ0) is 20.0. The predicted octanol–water partition coefficient (Wildman–Crippen LogP) is 2.63. The summed E-state index contributed by atoms with van der Waals surface area (Å²) in [4.78, 5) is 31.7. The first kappa shape index (κ1) is 20.3. The van der Waals surface area contributed by atoms with Crippen LogP contribution < -0.4 is 4.90 Å². The largest absolute Gasteiger partial charge is 0.469 e. The maximum atomic E-state index is 13.5. The van der Waals surface area contributed by atoms with Crippen LogP contribution in [0.2, 0.25) is 0 Å². The minimum absolute atomic E-state index is 0.0163. The lowest BCUT2D eigenvalue weighted by molar-refractivity contribution is -0.140. The Labute approximate surface area is 156 Å². The molecular formula is C19H21F2N3O3. The molecule has 1 aromatic heterocycles. The molecule has 0 N–H and O–H groups in total. The number of hydrogen-bond acceptors (Lipinski definition) is 5. The van der Waals surface area contributed by atoms with Gasteiger partial charge in [-0.3, -0.25) is 9.59 Å². The minimum atomic E-state index is -0.994. The number of rotatable bonds is 7. The van der Waals surface area contributed by atoms with E-state index in [0.717, 1.165) is 12.1 Å². The number of amides is 1. The zero-order valence-corrected chi connectivity index (χ0v) is 15.4. The third-order valence-corrected chi connectivity index (χ3v) is 3.91. The molecule has 0 aliphatic rings. The summed E-state index contributed by atoms with van der Waals surface area (Å²) in [5, 5.41) is 0. The molecule has 0 saturated heterocycles. The molecule has 144 valence electrons. The van der Waals surface area contributed by atoms with Crippen molar-refractivity contribution in [2.75, 3.05) is 32.6 Å². The summed E-state index contributed by atoms with van der Waals surface area (Å²) < 4.78 is 31.3. The van der Waals surface area contributed by atoms with Crippen LogP contribution in [0.4, 0.5) is 14.6 Å². The molecule has 0 fully saturated rings. The van der Waals surface area contributed by atoms with E-state index in [9.17, 15) is 18.4 Å². The Bertz CT molecular complexity index is 828. The fourth-order valence-corrected chi connectivity index (χ4v) is 2.42. The normalized spacial score (nSPS) is 10.4. The van der Waals surface area contributed by atoms with Gasteiger partial charge in [-0.05, 0) is 29.8 Å². The Hall–Kier alpha value is -3.03.